The van der Waals surface area contributed by atoms with Gasteiger partial charge >= 0.3 is 13.8 Å². The largest absolute Gasteiger partial charge is 0.472 e. The Balaban J connectivity index is 3.76. The molecule has 8 nitrogen and oxygen atoms in total. The maximum atomic E-state index is 11.7. The summed E-state index contributed by atoms with van der Waals surface area (Å²) in [6.45, 7) is 4.33. The van der Waals surface area contributed by atoms with Gasteiger partial charge in [0.1, 0.15) is 6.10 Å². The van der Waals surface area contributed by atoms with E-state index in [2.05, 4.69) is 11.4 Å². The van der Waals surface area contributed by atoms with Crippen LogP contribution in [0.5, 0.6) is 0 Å². The van der Waals surface area contributed by atoms with Crippen LogP contribution in [0.2, 0.25) is 0 Å². The Bertz CT molecular complexity index is 479. The molecule has 0 heterocycles. The van der Waals surface area contributed by atoms with Crippen LogP contribution in [-0.4, -0.2) is 49.9 Å². The summed E-state index contributed by atoms with van der Waals surface area (Å²) < 4.78 is 32.1. The second kappa shape index (κ2) is 22.3. The summed E-state index contributed by atoms with van der Waals surface area (Å²) in [4.78, 5) is 21.1. The van der Waals surface area contributed by atoms with Crippen molar-refractivity contribution in [1.82, 2.24) is 0 Å². The van der Waals surface area contributed by atoms with Crippen LogP contribution in [-0.2, 0) is 27.9 Å². The first-order valence-electron chi connectivity index (χ1n) is 12.5. The van der Waals surface area contributed by atoms with Crippen molar-refractivity contribution in [3.63, 3.8) is 0 Å². The minimum Gasteiger partial charge on any atom is -0.457 e. The highest BCUT2D eigenvalue weighted by atomic mass is 31.2. The molecule has 0 radical (unpaired) electrons. The summed E-state index contributed by atoms with van der Waals surface area (Å²) in [6, 6.07) is 0. The zero-order chi connectivity index (χ0) is 23.9. The summed E-state index contributed by atoms with van der Waals surface area (Å²) in [5.74, 6) is -0.418. The lowest BCUT2D eigenvalue weighted by atomic mass is 10.0. The van der Waals surface area contributed by atoms with E-state index in [1.165, 1.54) is 70.6 Å². The normalized spacial score (nSPS) is 14.2. The van der Waals surface area contributed by atoms with Gasteiger partial charge in [0.15, 0.2) is 0 Å². The zero-order valence-electron chi connectivity index (χ0n) is 20.4. The van der Waals surface area contributed by atoms with Crippen LogP contribution in [0.4, 0.5) is 0 Å². The first-order valence-corrected chi connectivity index (χ1v) is 14.0. The summed E-state index contributed by atoms with van der Waals surface area (Å²) >= 11 is 0. The van der Waals surface area contributed by atoms with Gasteiger partial charge in [0.05, 0.1) is 19.8 Å². The Morgan fingerprint density at radius 3 is 1.84 bits per heavy atom. The fraction of sp³-hybridized carbons (Fsp3) is 0.957. The van der Waals surface area contributed by atoms with Crippen molar-refractivity contribution in [2.75, 3.05) is 33.0 Å². The van der Waals surface area contributed by atoms with Gasteiger partial charge in [-0.3, -0.25) is 13.8 Å². The van der Waals surface area contributed by atoms with Gasteiger partial charge in [-0.15, -0.1) is 0 Å². The summed E-state index contributed by atoms with van der Waals surface area (Å²) in [7, 11) is -4.22. The maximum Gasteiger partial charge on any atom is 0.472 e. The Hall–Kier alpha value is -0.500. The van der Waals surface area contributed by atoms with E-state index in [0.717, 1.165) is 12.8 Å². The summed E-state index contributed by atoms with van der Waals surface area (Å²) in [5.41, 5.74) is 5.24. The molecule has 3 N–H and O–H groups in total. The molecule has 0 saturated carbocycles. The van der Waals surface area contributed by atoms with Gasteiger partial charge in [-0.2, -0.15) is 0 Å². The molecule has 0 aromatic heterocycles. The number of phosphoric acid groups is 1. The lowest BCUT2D eigenvalue weighted by Crippen LogP contribution is -2.28. The van der Waals surface area contributed by atoms with E-state index in [0.29, 0.717) is 6.61 Å². The standard InChI is InChI=1S/C23H48NO7P/c1-3-5-6-7-8-9-10-11-12-13-14-15-16-18-28-20-22(31-23(25)4-2)21-30-32(26,27)29-19-17-24/h22H,3-21,24H2,1-2H3,(H,26,27). The van der Waals surface area contributed by atoms with Crippen LogP contribution < -0.4 is 5.73 Å². The Morgan fingerprint density at radius 2 is 1.34 bits per heavy atom. The van der Waals surface area contributed by atoms with E-state index in [-0.39, 0.29) is 32.8 Å². The van der Waals surface area contributed by atoms with Crippen molar-refractivity contribution < 1.29 is 32.8 Å². The molecule has 0 bridgehead atoms. The number of hydrogen-bond donors (Lipinski definition) is 2. The third-order valence-corrected chi connectivity index (χ3v) is 6.06. The zero-order valence-corrected chi connectivity index (χ0v) is 21.3. The maximum absolute atomic E-state index is 11.7. The number of ether oxygens (including phenoxy) is 2. The number of phosphoric ester groups is 1. The molecule has 0 aromatic carbocycles. The van der Waals surface area contributed by atoms with Crippen molar-refractivity contribution in [3.05, 3.63) is 0 Å². The molecule has 0 rings (SSSR count). The molecule has 9 heteroatoms. The van der Waals surface area contributed by atoms with Gasteiger partial charge < -0.3 is 20.1 Å². The average molecular weight is 482 g/mol. The van der Waals surface area contributed by atoms with E-state index in [9.17, 15) is 14.3 Å². The molecular formula is C23H48NO7P. The highest BCUT2D eigenvalue weighted by Gasteiger charge is 2.24. The van der Waals surface area contributed by atoms with E-state index >= 15 is 0 Å². The van der Waals surface area contributed by atoms with Gasteiger partial charge in [0.25, 0.3) is 0 Å². The van der Waals surface area contributed by atoms with E-state index in [1.807, 2.05) is 0 Å². The van der Waals surface area contributed by atoms with Crippen molar-refractivity contribution in [2.45, 2.75) is 110 Å². The topological polar surface area (TPSA) is 117 Å². The molecule has 0 aliphatic rings. The molecular weight excluding hydrogens is 433 g/mol. The van der Waals surface area contributed by atoms with Crippen LogP contribution in [0, 0.1) is 0 Å². The second-order valence-electron chi connectivity index (χ2n) is 8.17. The molecule has 192 valence electrons. The van der Waals surface area contributed by atoms with E-state index in [4.69, 9.17) is 19.7 Å². The van der Waals surface area contributed by atoms with Crippen molar-refractivity contribution in [1.29, 1.82) is 0 Å². The van der Waals surface area contributed by atoms with Crippen molar-refractivity contribution >= 4 is 13.8 Å². The number of hydrogen-bond acceptors (Lipinski definition) is 7. The number of carbonyl (C=O) groups excluding carboxylic acids is 1. The van der Waals surface area contributed by atoms with Crippen LogP contribution >= 0.6 is 7.82 Å². The summed E-state index contributed by atoms with van der Waals surface area (Å²) in [5, 5.41) is 0. The molecule has 0 spiro atoms. The monoisotopic (exact) mass is 481 g/mol. The third kappa shape index (κ3) is 21.4. The third-order valence-electron chi connectivity index (χ3n) is 5.08. The predicted octanol–water partition coefficient (Wildman–Crippen LogP) is 5.51. The summed E-state index contributed by atoms with van der Waals surface area (Å²) in [6.07, 6.45) is 16.1. The minimum atomic E-state index is -4.22. The Kier molecular flexibility index (Phi) is 22.0. The quantitative estimate of drug-likeness (QED) is 0.105. The smallest absolute Gasteiger partial charge is 0.457 e. The fourth-order valence-corrected chi connectivity index (χ4v) is 3.97. The lowest BCUT2D eigenvalue weighted by molar-refractivity contribution is -0.154. The Labute approximate surface area is 195 Å². The first-order chi connectivity index (χ1) is 15.4. The highest BCUT2D eigenvalue weighted by Crippen LogP contribution is 2.43. The van der Waals surface area contributed by atoms with Crippen molar-refractivity contribution in [3.8, 4) is 0 Å². The van der Waals surface area contributed by atoms with Gasteiger partial charge in [-0.25, -0.2) is 4.57 Å². The van der Waals surface area contributed by atoms with E-state index < -0.39 is 19.9 Å². The number of rotatable bonds is 24. The van der Waals surface area contributed by atoms with Crippen molar-refractivity contribution in [2.24, 2.45) is 5.73 Å². The predicted molar refractivity (Wildman–Crippen MR) is 127 cm³/mol. The molecule has 0 aliphatic heterocycles. The molecule has 0 fully saturated rings. The fourth-order valence-electron chi connectivity index (χ4n) is 3.20. The number of esters is 1. The van der Waals surface area contributed by atoms with Gasteiger partial charge in [0.2, 0.25) is 0 Å². The molecule has 0 saturated heterocycles. The molecule has 2 unspecified atom stereocenters. The SMILES string of the molecule is CCCCCCCCCCCCCCCOCC(COP(=O)(O)OCCN)OC(=O)CC. The Morgan fingerprint density at radius 1 is 0.812 bits per heavy atom. The van der Waals surface area contributed by atoms with Gasteiger partial charge in [-0.1, -0.05) is 90.9 Å². The van der Waals surface area contributed by atoms with Crippen LogP contribution in [0.3, 0.4) is 0 Å². The van der Waals surface area contributed by atoms with Crippen LogP contribution in [0.25, 0.3) is 0 Å². The highest BCUT2D eigenvalue weighted by molar-refractivity contribution is 7.47. The van der Waals surface area contributed by atoms with Gasteiger partial charge in [0, 0.05) is 19.6 Å². The van der Waals surface area contributed by atoms with Gasteiger partial charge in [-0.05, 0) is 6.42 Å². The minimum absolute atomic E-state index is 0.0945. The number of carbonyl (C=O) groups is 1. The number of unbranched alkanes of at least 4 members (excludes halogenated alkanes) is 12. The molecule has 0 aliphatic carbocycles. The van der Waals surface area contributed by atoms with E-state index in [1.54, 1.807) is 6.92 Å². The molecule has 0 aromatic rings. The average Bonchev–Trinajstić information content (AvgIpc) is 2.78. The first kappa shape index (κ1) is 31.5. The molecule has 0 amide bonds. The molecule has 2 atom stereocenters. The molecule has 32 heavy (non-hydrogen) atoms. The van der Waals surface area contributed by atoms with Crippen LogP contribution in [0.15, 0.2) is 0 Å². The van der Waals surface area contributed by atoms with Crippen LogP contribution in [0.1, 0.15) is 104 Å². The number of nitrogens with two attached hydrogens (primary N) is 1. The lowest BCUT2D eigenvalue weighted by Gasteiger charge is -2.19. The second-order valence-corrected chi connectivity index (χ2v) is 9.62.